The smallest absolute Gasteiger partial charge is 0.225 e. The summed E-state index contributed by atoms with van der Waals surface area (Å²) in [4.78, 5) is 9.27. The number of halogens is 1. The molecular formula is C23H23FN6O. The number of fused-ring (bicyclic) bond motifs is 1. The summed E-state index contributed by atoms with van der Waals surface area (Å²) in [6.45, 7) is 3.38. The SMILES string of the molecule is Cc1cccc(-n2nc3nc(NC[C@H]4CCCO4)nc(-c4cccc(F)c4)c3c2N)c1. The van der Waals surface area contributed by atoms with Crippen LogP contribution in [-0.2, 0) is 4.74 Å². The Morgan fingerprint density at radius 1 is 1.19 bits per heavy atom. The molecule has 3 N–H and O–H groups in total. The lowest BCUT2D eigenvalue weighted by Crippen LogP contribution is -2.19. The fourth-order valence-corrected chi connectivity index (χ4v) is 3.90. The molecule has 0 unspecified atom stereocenters. The molecule has 1 aliphatic rings. The van der Waals surface area contributed by atoms with Crippen LogP contribution in [0.1, 0.15) is 18.4 Å². The summed E-state index contributed by atoms with van der Waals surface area (Å²) in [5.74, 6) is 0.476. The van der Waals surface area contributed by atoms with Crippen molar-refractivity contribution in [2.45, 2.75) is 25.9 Å². The molecule has 0 radical (unpaired) electrons. The predicted molar refractivity (Wildman–Crippen MR) is 119 cm³/mol. The Bertz CT molecular complexity index is 1250. The quantitative estimate of drug-likeness (QED) is 0.507. The molecule has 0 bridgehead atoms. The summed E-state index contributed by atoms with van der Waals surface area (Å²) in [5.41, 5.74) is 10.0. The fourth-order valence-electron chi connectivity index (χ4n) is 3.90. The number of nitrogens with two attached hydrogens (primary N) is 1. The zero-order valence-corrected chi connectivity index (χ0v) is 17.2. The Hall–Kier alpha value is -3.52. The van der Waals surface area contributed by atoms with Gasteiger partial charge in [-0.1, -0.05) is 24.3 Å². The number of nitrogen functional groups attached to an aromatic ring is 1. The maximum atomic E-state index is 14.0. The highest BCUT2D eigenvalue weighted by molar-refractivity contribution is 5.99. The van der Waals surface area contributed by atoms with E-state index in [9.17, 15) is 4.39 Å². The highest BCUT2D eigenvalue weighted by Gasteiger charge is 2.21. The highest BCUT2D eigenvalue weighted by Crippen LogP contribution is 2.33. The van der Waals surface area contributed by atoms with Crippen LogP contribution in [0.3, 0.4) is 0 Å². The Kier molecular flexibility index (Phi) is 4.99. The first kappa shape index (κ1) is 19.4. The normalized spacial score (nSPS) is 16.1. The second-order valence-electron chi connectivity index (χ2n) is 7.76. The molecule has 2 aromatic heterocycles. The van der Waals surface area contributed by atoms with Crippen LogP contribution in [0, 0.1) is 12.7 Å². The molecule has 8 heteroatoms. The molecule has 0 amide bonds. The number of aryl methyl sites for hydroxylation is 1. The Morgan fingerprint density at radius 3 is 2.84 bits per heavy atom. The summed E-state index contributed by atoms with van der Waals surface area (Å²) in [6, 6.07) is 14.2. The van der Waals surface area contributed by atoms with E-state index in [1.807, 2.05) is 31.2 Å². The minimum absolute atomic E-state index is 0.131. The Morgan fingerprint density at radius 2 is 2.06 bits per heavy atom. The number of benzene rings is 2. The summed E-state index contributed by atoms with van der Waals surface area (Å²) < 4.78 is 21.3. The van der Waals surface area contributed by atoms with Crippen LogP contribution in [0.2, 0.25) is 0 Å². The lowest BCUT2D eigenvalue weighted by atomic mass is 10.1. The number of anilines is 2. The van der Waals surface area contributed by atoms with Gasteiger partial charge in [0, 0.05) is 18.7 Å². The van der Waals surface area contributed by atoms with E-state index in [2.05, 4.69) is 20.4 Å². The van der Waals surface area contributed by atoms with Crippen molar-refractivity contribution < 1.29 is 9.13 Å². The first-order valence-electron chi connectivity index (χ1n) is 10.3. The van der Waals surface area contributed by atoms with E-state index in [4.69, 9.17) is 10.5 Å². The van der Waals surface area contributed by atoms with Crippen LogP contribution in [0.15, 0.2) is 48.5 Å². The Balaban J connectivity index is 1.64. The average Bonchev–Trinajstić information content (AvgIpc) is 3.40. The first-order valence-corrected chi connectivity index (χ1v) is 10.3. The molecule has 0 saturated carbocycles. The van der Waals surface area contributed by atoms with E-state index in [0.717, 1.165) is 30.7 Å². The minimum atomic E-state index is -0.345. The third kappa shape index (κ3) is 3.82. The van der Waals surface area contributed by atoms with Gasteiger partial charge >= 0.3 is 0 Å². The van der Waals surface area contributed by atoms with Gasteiger partial charge in [-0.25, -0.2) is 14.1 Å². The van der Waals surface area contributed by atoms with Crippen molar-refractivity contribution >= 4 is 22.8 Å². The van der Waals surface area contributed by atoms with Crippen molar-refractivity contribution in [1.29, 1.82) is 0 Å². The fraction of sp³-hybridized carbons (Fsp3) is 0.261. The number of nitrogens with zero attached hydrogens (tertiary/aromatic N) is 4. The number of rotatable bonds is 5. The lowest BCUT2D eigenvalue weighted by Gasteiger charge is -2.12. The summed E-state index contributed by atoms with van der Waals surface area (Å²) in [6.07, 6.45) is 2.19. The van der Waals surface area contributed by atoms with Gasteiger partial charge in [-0.3, -0.25) is 0 Å². The van der Waals surface area contributed by atoms with Crippen molar-refractivity contribution in [1.82, 2.24) is 19.7 Å². The third-order valence-electron chi connectivity index (χ3n) is 5.43. The van der Waals surface area contributed by atoms with Gasteiger partial charge in [0.25, 0.3) is 0 Å². The van der Waals surface area contributed by atoms with Crippen LogP contribution in [-0.4, -0.2) is 39.0 Å². The molecule has 1 aliphatic heterocycles. The summed E-state index contributed by atoms with van der Waals surface area (Å²) in [7, 11) is 0. The van der Waals surface area contributed by atoms with E-state index in [0.29, 0.717) is 40.6 Å². The number of nitrogens with one attached hydrogen (secondary N) is 1. The van der Waals surface area contributed by atoms with Gasteiger partial charge in [0.15, 0.2) is 5.65 Å². The standard InChI is InChI=1S/C23H23FN6O/c1-14-5-2-8-17(11-14)30-21(25)19-20(15-6-3-7-16(24)12-15)27-23(28-22(19)29-30)26-13-18-9-4-10-31-18/h2-3,5-8,11-12,18H,4,9-10,13,25H2,1H3,(H,26,28,29)/t18-/m1/s1. The van der Waals surface area contributed by atoms with Gasteiger partial charge < -0.3 is 15.8 Å². The van der Waals surface area contributed by atoms with E-state index in [1.54, 1.807) is 16.8 Å². The average molecular weight is 418 g/mol. The van der Waals surface area contributed by atoms with Gasteiger partial charge in [-0.2, -0.15) is 4.98 Å². The maximum Gasteiger partial charge on any atom is 0.225 e. The Labute approximate surface area is 179 Å². The monoisotopic (exact) mass is 418 g/mol. The number of aromatic nitrogens is 4. The molecule has 0 aliphatic carbocycles. The minimum Gasteiger partial charge on any atom is -0.383 e. The molecular weight excluding hydrogens is 395 g/mol. The van der Waals surface area contributed by atoms with Crippen LogP contribution in [0.5, 0.6) is 0 Å². The van der Waals surface area contributed by atoms with Gasteiger partial charge in [-0.15, -0.1) is 5.10 Å². The maximum absolute atomic E-state index is 14.0. The van der Waals surface area contributed by atoms with Crippen molar-refractivity contribution in [3.63, 3.8) is 0 Å². The van der Waals surface area contributed by atoms with E-state index >= 15 is 0 Å². The van der Waals surface area contributed by atoms with Crippen molar-refractivity contribution in [2.75, 3.05) is 24.2 Å². The zero-order valence-electron chi connectivity index (χ0n) is 17.2. The molecule has 1 atom stereocenters. The van der Waals surface area contributed by atoms with Gasteiger partial charge in [0.1, 0.15) is 11.6 Å². The molecule has 3 heterocycles. The van der Waals surface area contributed by atoms with Crippen molar-refractivity contribution in [3.05, 3.63) is 59.9 Å². The van der Waals surface area contributed by atoms with Gasteiger partial charge in [-0.05, 0) is 49.6 Å². The summed E-state index contributed by atoms with van der Waals surface area (Å²) in [5, 5.41) is 8.49. The molecule has 4 aromatic rings. The molecule has 5 rings (SSSR count). The van der Waals surface area contributed by atoms with E-state index < -0.39 is 0 Å². The molecule has 1 fully saturated rings. The molecule has 31 heavy (non-hydrogen) atoms. The number of ether oxygens (including phenoxy) is 1. The predicted octanol–water partition coefficient (Wildman–Crippen LogP) is 4.10. The first-order chi connectivity index (χ1) is 15.1. The van der Waals surface area contributed by atoms with Crippen molar-refractivity contribution in [3.8, 4) is 16.9 Å². The van der Waals surface area contributed by atoms with Crippen LogP contribution >= 0.6 is 0 Å². The van der Waals surface area contributed by atoms with Crippen LogP contribution in [0.25, 0.3) is 28.0 Å². The molecule has 7 nitrogen and oxygen atoms in total. The summed E-state index contributed by atoms with van der Waals surface area (Å²) >= 11 is 0. The number of hydrogen-bond acceptors (Lipinski definition) is 6. The highest BCUT2D eigenvalue weighted by atomic mass is 19.1. The van der Waals surface area contributed by atoms with E-state index in [-0.39, 0.29) is 11.9 Å². The van der Waals surface area contributed by atoms with Gasteiger partial charge in [0.2, 0.25) is 5.95 Å². The molecule has 1 saturated heterocycles. The lowest BCUT2D eigenvalue weighted by molar-refractivity contribution is 0.120. The molecule has 158 valence electrons. The van der Waals surface area contributed by atoms with Gasteiger partial charge in [0.05, 0.1) is 22.9 Å². The largest absolute Gasteiger partial charge is 0.383 e. The molecule has 0 spiro atoms. The second-order valence-corrected chi connectivity index (χ2v) is 7.76. The van der Waals surface area contributed by atoms with Crippen molar-refractivity contribution in [2.24, 2.45) is 0 Å². The zero-order chi connectivity index (χ0) is 21.4. The third-order valence-corrected chi connectivity index (χ3v) is 5.43. The van der Waals surface area contributed by atoms with Crippen LogP contribution < -0.4 is 11.1 Å². The van der Waals surface area contributed by atoms with Crippen LogP contribution in [0.4, 0.5) is 16.2 Å². The second kappa shape index (κ2) is 7.96. The molecule has 2 aromatic carbocycles. The topological polar surface area (TPSA) is 90.9 Å². The van der Waals surface area contributed by atoms with E-state index in [1.165, 1.54) is 12.1 Å². The number of hydrogen-bond donors (Lipinski definition) is 2.